The molecule has 19 heavy (non-hydrogen) atoms. The minimum atomic E-state index is -0.738. The molecule has 2 atom stereocenters. The second kappa shape index (κ2) is 8.02. The number of nitrogens with one attached hydrogen (secondary N) is 1. The summed E-state index contributed by atoms with van der Waals surface area (Å²) in [7, 11) is 0. The van der Waals surface area contributed by atoms with Crippen molar-refractivity contribution in [2.75, 3.05) is 13.1 Å². The summed E-state index contributed by atoms with van der Waals surface area (Å²) >= 11 is 0. The molecule has 1 aliphatic carbocycles. The van der Waals surface area contributed by atoms with Gasteiger partial charge in [0.25, 0.3) is 0 Å². The third-order valence-corrected chi connectivity index (χ3v) is 3.63. The highest BCUT2D eigenvalue weighted by atomic mass is 16.4. The number of rotatable bonds is 6. The summed E-state index contributed by atoms with van der Waals surface area (Å²) in [6.45, 7) is 5.62. The van der Waals surface area contributed by atoms with Crippen LogP contribution in [-0.4, -0.2) is 41.1 Å². The van der Waals surface area contributed by atoms with Gasteiger partial charge < -0.3 is 15.3 Å². The monoisotopic (exact) mass is 270 g/mol. The number of carboxylic acids is 1. The van der Waals surface area contributed by atoms with Crippen LogP contribution in [0, 0.1) is 5.92 Å². The SMILES string of the molecule is CCCN(CCC)C(=O)NC1CCCC(C(=O)O)C1. The Hall–Kier alpha value is -1.26. The number of nitrogens with zero attached hydrogens (tertiary/aromatic N) is 1. The Labute approximate surface area is 115 Å². The summed E-state index contributed by atoms with van der Waals surface area (Å²) in [5, 5.41) is 12.0. The second-order valence-corrected chi connectivity index (χ2v) is 5.34. The molecule has 110 valence electrons. The molecule has 0 aromatic carbocycles. The van der Waals surface area contributed by atoms with Crippen molar-refractivity contribution in [3.05, 3.63) is 0 Å². The van der Waals surface area contributed by atoms with Crippen LogP contribution >= 0.6 is 0 Å². The molecule has 5 nitrogen and oxygen atoms in total. The zero-order valence-electron chi connectivity index (χ0n) is 12.0. The quantitative estimate of drug-likeness (QED) is 0.779. The van der Waals surface area contributed by atoms with E-state index < -0.39 is 5.97 Å². The number of carbonyl (C=O) groups is 2. The fourth-order valence-electron chi connectivity index (χ4n) is 2.67. The Kier molecular flexibility index (Phi) is 6.67. The zero-order valence-corrected chi connectivity index (χ0v) is 12.0. The Bertz CT molecular complexity index is 301. The summed E-state index contributed by atoms with van der Waals surface area (Å²) in [6.07, 6.45) is 4.94. The normalized spacial score (nSPS) is 22.8. The fourth-order valence-corrected chi connectivity index (χ4v) is 2.67. The van der Waals surface area contributed by atoms with Crippen molar-refractivity contribution < 1.29 is 14.7 Å². The highest BCUT2D eigenvalue weighted by molar-refractivity contribution is 5.75. The van der Waals surface area contributed by atoms with Gasteiger partial charge >= 0.3 is 12.0 Å². The molecular weight excluding hydrogens is 244 g/mol. The first-order valence-electron chi connectivity index (χ1n) is 7.36. The maximum absolute atomic E-state index is 12.1. The van der Waals surface area contributed by atoms with E-state index in [0.29, 0.717) is 6.42 Å². The second-order valence-electron chi connectivity index (χ2n) is 5.34. The molecule has 5 heteroatoms. The third kappa shape index (κ3) is 5.09. The molecule has 1 rings (SSSR count). The van der Waals surface area contributed by atoms with Crippen molar-refractivity contribution in [3.63, 3.8) is 0 Å². The molecule has 2 unspecified atom stereocenters. The summed E-state index contributed by atoms with van der Waals surface area (Å²) < 4.78 is 0. The molecule has 0 spiro atoms. The van der Waals surface area contributed by atoms with E-state index in [9.17, 15) is 9.59 Å². The summed E-state index contributed by atoms with van der Waals surface area (Å²) in [4.78, 5) is 25.0. The van der Waals surface area contributed by atoms with E-state index in [1.54, 1.807) is 0 Å². The number of amides is 2. The number of carboxylic acid groups (broad SMARTS) is 1. The Balaban J connectivity index is 2.47. The standard InChI is InChI=1S/C14H26N2O3/c1-3-8-16(9-4-2)14(19)15-12-7-5-6-11(10-12)13(17)18/h11-12H,3-10H2,1-2H3,(H,15,19)(H,17,18). The molecular formula is C14H26N2O3. The topological polar surface area (TPSA) is 69.6 Å². The van der Waals surface area contributed by atoms with Crippen molar-refractivity contribution in [3.8, 4) is 0 Å². The Morgan fingerprint density at radius 1 is 1.21 bits per heavy atom. The largest absolute Gasteiger partial charge is 0.481 e. The van der Waals surface area contributed by atoms with Crippen molar-refractivity contribution in [2.45, 2.75) is 58.4 Å². The molecule has 1 saturated carbocycles. The van der Waals surface area contributed by atoms with E-state index in [4.69, 9.17) is 5.11 Å². The number of urea groups is 1. The maximum atomic E-state index is 12.1. The van der Waals surface area contributed by atoms with Crippen molar-refractivity contribution in [1.82, 2.24) is 10.2 Å². The predicted molar refractivity (Wildman–Crippen MR) is 74.1 cm³/mol. The fraction of sp³-hybridized carbons (Fsp3) is 0.857. The molecule has 0 aromatic rings. The summed E-state index contributed by atoms with van der Waals surface area (Å²) in [5.41, 5.74) is 0. The van der Waals surface area contributed by atoms with E-state index >= 15 is 0 Å². The Morgan fingerprint density at radius 3 is 2.37 bits per heavy atom. The third-order valence-electron chi connectivity index (χ3n) is 3.63. The van der Waals surface area contributed by atoms with Gasteiger partial charge in [0, 0.05) is 19.1 Å². The van der Waals surface area contributed by atoms with E-state index in [1.165, 1.54) is 0 Å². The van der Waals surface area contributed by atoms with Crippen LogP contribution in [0.5, 0.6) is 0 Å². The van der Waals surface area contributed by atoms with Gasteiger partial charge in [-0.3, -0.25) is 4.79 Å². The smallest absolute Gasteiger partial charge is 0.317 e. The first-order valence-corrected chi connectivity index (χ1v) is 7.36. The molecule has 0 aliphatic heterocycles. The maximum Gasteiger partial charge on any atom is 0.317 e. The summed E-state index contributed by atoms with van der Waals surface area (Å²) in [6, 6.07) is -0.0294. The van der Waals surface area contributed by atoms with Gasteiger partial charge in [-0.05, 0) is 32.1 Å². The average Bonchev–Trinajstić information content (AvgIpc) is 2.38. The van der Waals surface area contributed by atoms with Gasteiger partial charge in [-0.25, -0.2) is 4.79 Å². The molecule has 2 N–H and O–H groups in total. The lowest BCUT2D eigenvalue weighted by Gasteiger charge is -2.30. The van der Waals surface area contributed by atoms with Crippen LogP contribution in [0.2, 0.25) is 0 Å². The van der Waals surface area contributed by atoms with Crippen molar-refractivity contribution in [2.24, 2.45) is 5.92 Å². The van der Waals surface area contributed by atoms with E-state index in [1.807, 2.05) is 4.90 Å². The van der Waals surface area contributed by atoms with E-state index in [-0.39, 0.29) is 18.0 Å². The molecule has 0 bridgehead atoms. The molecule has 0 radical (unpaired) electrons. The Morgan fingerprint density at radius 2 is 1.84 bits per heavy atom. The molecule has 0 saturated heterocycles. The van der Waals surface area contributed by atoms with Gasteiger partial charge in [-0.15, -0.1) is 0 Å². The van der Waals surface area contributed by atoms with E-state index in [0.717, 1.165) is 45.2 Å². The van der Waals surface area contributed by atoms with Crippen LogP contribution in [0.4, 0.5) is 4.79 Å². The highest BCUT2D eigenvalue weighted by Gasteiger charge is 2.28. The molecule has 2 amide bonds. The highest BCUT2D eigenvalue weighted by Crippen LogP contribution is 2.24. The minimum absolute atomic E-state index is 0.0126. The molecule has 1 fully saturated rings. The number of hydrogen-bond acceptors (Lipinski definition) is 2. The summed E-state index contributed by atoms with van der Waals surface area (Å²) in [5.74, 6) is -1.04. The molecule has 1 aliphatic rings. The van der Waals surface area contributed by atoms with Crippen LogP contribution in [0.1, 0.15) is 52.4 Å². The van der Waals surface area contributed by atoms with Crippen molar-refractivity contribution in [1.29, 1.82) is 0 Å². The number of aliphatic carboxylic acids is 1. The first-order chi connectivity index (χ1) is 9.08. The van der Waals surface area contributed by atoms with Crippen LogP contribution in [0.25, 0.3) is 0 Å². The van der Waals surface area contributed by atoms with E-state index in [2.05, 4.69) is 19.2 Å². The predicted octanol–water partition coefficient (Wildman–Crippen LogP) is 2.46. The van der Waals surface area contributed by atoms with Gasteiger partial charge in [0.2, 0.25) is 0 Å². The van der Waals surface area contributed by atoms with Crippen LogP contribution in [-0.2, 0) is 4.79 Å². The first kappa shape index (κ1) is 15.8. The van der Waals surface area contributed by atoms with Gasteiger partial charge in [0.1, 0.15) is 0 Å². The zero-order chi connectivity index (χ0) is 14.3. The van der Waals surface area contributed by atoms with Gasteiger partial charge in [0.05, 0.1) is 5.92 Å². The van der Waals surface area contributed by atoms with Crippen LogP contribution in [0.15, 0.2) is 0 Å². The van der Waals surface area contributed by atoms with Gasteiger partial charge in [-0.1, -0.05) is 20.3 Å². The molecule has 0 heterocycles. The lowest BCUT2D eigenvalue weighted by Crippen LogP contribution is -2.47. The van der Waals surface area contributed by atoms with Crippen LogP contribution < -0.4 is 5.32 Å². The lowest BCUT2D eigenvalue weighted by molar-refractivity contribution is -0.143. The van der Waals surface area contributed by atoms with Crippen molar-refractivity contribution >= 4 is 12.0 Å². The minimum Gasteiger partial charge on any atom is -0.481 e. The van der Waals surface area contributed by atoms with Crippen LogP contribution in [0.3, 0.4) is 0 Å². The number of carbonyl (C=O) groups excluding carboxylic acids is 1. The number of hydrogen-bond donors (Lipinski definition) is 2. The lowest BCUT2D eigenvalue weighted by atomic mass is 9.86. The van der Waals surface area contributed by atoms with Gasteiger partial charge in [-0.2, -0.15) is 0 Å². The van der Waals surface area contributed by atoms with Gasteiger partial charge in [0.15, 0.2) is 0 Å². The average molecular weight is 270 g/mol. The molecule has 0 aromatic heterocycles.